The maximum Gasteiger partial charge on any atom is 0.387 e. The Morgan fingerprint density at radius 2 is 1.73 bits per heavy atom. The predicted molar refractivity (Wildman–Crippen MR) is 111 cm³/mol. The van der Waals surface area contributed by atoms with Crippen LogP contribution in [0.5, 0.6) is 11.6 Å². The normalized spacial score (nSPS) is 12.5. The van der Waals surface area contributed by atoms with Crippen molar-refractivity contribution in [1.82, 2.24) is 24.5 Å². The molecule has 0 aliphatic heterocycles. The molecule has 0 radical (unpaired) electrons. The molecule has 11 heteroatoms. The van der Waals surface area contributed by atoms with Crippen LogP contribution >= 0.6 is 0 Å². The van der Waals surface area contributed by atoms with Gasteiger partial charge in [0.25, 0.3) is 0 Å². The molecule has 0 saturated carbocycles. The van der Waals surface area contributed by atoms with E-state index in [1.807, 2.05) is 4.90 Å². The summed E-state index contributed by atoms with van der Waals surface area (Å²) in [6, 6.07) is 9.26. The van der Waals surface area contributed by atoms with Gasteiger partial charge in [-0.3, -0.25) is 9.88 Å². The summed E-state index contributed by atoms with van der Waals surface area (Å²) < 4.78 is 63.9. The van der Waals surface area contributed by atoms with Gasteiger partial charge in [0.2, 0.25) is 5.88 Å². The second-order valence-electron chi connectivity index (χ2n) is 7.33. The molecule has 2 heterocycles. The van der Waals surface area contributed by atoms with E-state index in [0.717, 1.165) is 12.1 Å². The first-order valence-corrected chi connectivity index (χ1v) is 9.82. The third-order valence-electron chi connectivity index (χ3n) is 4.96. The maximum absolute atomic E-state index is 13.8. The van der Waals surface area contributed by atoms with Gasteiger partial charge in [-0.25, -0.2) is 13.2 Å². The lowest BCUT2D eigenvalue weighted by atomic mass is 10.1. The number of hydrogen-bond acceptors (Lipinski definition) is 6. The third kappa shape index (κ3) is 4.87. The van der Waals surface area contributed by atoms with E-state index < -0.39 is 18.2 Å². The van der Waals surface area contributed by atoms with Gasteiger partial charge in [0.15, 0.2) is 23.1 Å². The minimum absolute atomic E-state index is 0.0149. The van der Waals surface area contributed by atoms with E-state index in [1.54, 1.807) is 30.6 Å². The van der Waals surface area contributed by atoms with Crippen LogP contribution in [-0.2, 0) is 0 Å². The van der Waals surface area contributed by atoms with Gasteiger partial charge >= 0.3 is 6.61 Å². The number of nitrogens with zero attached hydrogens (tertiary/aromatic N) is 5. The van der Waals surface area contributed by atoms with Gasteiger partial charge in [-0.05, 0) is 56.1 Å². The summed E-state index contributed by atoms with van der Waals surface area (Å²) in [6.45, 7) is -2.83. The van der Waals surface area contributed by atoms with Crippen LogP contribution in [0.25, 0.3) is 17.0 Å². The molecule has 172 valence electrons. The molecule has 0 fully saturated rings. The van der Waals surface area contributed by atoms with E-state index in [0.29, 0.717) is 28.5 Å². The number of ether oxygens (including phenoxy) is 2. The zero-order valence-electron chi connectivity index (χ0n) is 17.6. The number of benzene rings is 2. The van der Waals surface area contributed by atoms with E-state index in [9.17, 15) is 17.6 Å². The molecule has 0 aliphatic carbocycles. The first-order chi connectivity index (χ1) is 15.8. The van der Waals surface area contributed by atoms with Crippen molar-refractivity contribution in [3.05, 3.63) is 72.1 Å². The fourth-order valence-electron chi connectivity index (χ4n) is 3.32. The Morgan fingerprint density at radius 1 is 0.970 bits per heavy atom. The molecular formula is C22H19F4N5O2. The van der Waals surface area contributed by atoms with Gasteiger partial charge in [0, 0.05) is 5.56 Å². The quantitative estimate of drug-likeness (QED) is 0.364. The Labute approximate surface area is 186 Å². The number of hydrogen-bond donors (Lipinski definition) is 0. The van der Waals surface area contributed by atoms with Crippen LogP contribution < -0.4 is 9.47 Å². The zero-order valence-corrected chi connectivity index (χ0v) is 17.6. The van der Waals surface area contributed by atoms with Gasteiger partial charge in [-0.2, -0.15) is 8.78 Å². The molecular weight excluding hydrogens is 442 g/mol. The predicted octanol–water partition coefficient (Wildman–Crippen LogP) is 4.35. The highest BCUT2D eigenvalue weighted by molar-refractivity contribution is 5.61. The van der Waals surface area contributed by atoms with Gasteiger partial charge in [-0.15, -0.1) is 10.2 Å². The molecule has 0 bridgehead atoms. The van der Waals surface area contributed by atoms with Crippen molar-refractivity contribution >= 4 is 5.65 Å². The molecule has 7 nitrogen and oxygen atoms in total. The zero-order chi connectivity index (χ0) is 23.5. The summed E-state index contributed by atoms with van der Waals surface area (Å²) in [5.41, 5.74) is 1.53. The largest absolute Gasteiger partial charge is 0.475 e. The fraction of sp³-hybridized carbons (Fsp3) is 0.227. The molecule has 0 N–H and O–H groups in total. The molecule has 0 spiro atoms. The van der Waals surface area contributed by atoms with Crippen LogP contribution in [0.3, 0.4) is 0 Å². The standard InChI is InChI=1S/C22H19F4N5O2/c1-30(2)18(14-5-8-16(23)17(24)9-14)12-32-20-11-27-10-19-28-29-21(31(19)20)13-3-6-15(7-4-13)33-22(25)26/h3-11,18,22H,12H2,1-2H3. The van der Waals surface area contributed by atoms with E-state index in [-0.39, 0.29) is 18.4 Å². The Bertz CT molecular complexity index is 1250. The van der Waals surface area contributed by atoms with Gasteiger partial charge in [0.05, 0.1) is 18.4 Å². The summed E-state index contributed by atoms with van der Waals surface area (Å²) in [7, 11) is 3.59. The van der Waals surface area contributed by atoms with Gasteiger partial charge in [0.1, 0.15) is 12.4 Å². The minimum Gasteiger partial charge on any atom is -0.475 e. The van der Waals surface area contributed by atoms with Crippen molar-refractivity contribution in [2.24, 2.45) is 0 Å². The van der Waals surface area contributed by atoms with E-state index in [2.05, 4.69) is 19.9 Å². The van der Waals surface area contributed by atoms with Crippen LogP contribution in [0.4, 0.5) is 17.6 Å². The fourth-order valence-corrected chi connectivity index (χ4v) is 3.32. The van der Waals surface area contributed by atoms with Crippen LogP contribution in [-0.4, -0.2) is 51.8 Å². The molecule has 2 aromatic heterocycles. The van der Waals surface area contributed by atoms with Crippen LogP contribution in [0, 0.1) is 11.6 Å². The summed E-state index contributed by atoms with van der Waals surface area (Å²) in [5.74, 6) is -1.13. The van der Waals surface area contributed by atoms with Crippen LogP contribution in [0.2, 0.25) is 0 Å². The molecule has 4 aromatic rings. The van der Waals surface area contributed by atoms with Crippen LogP contribution in [0.15, 0.2) is 54.9 Å². The summed E-state index contributed by atoms with van der Waals surface area (Å²) in [4.78, 5) is 5.93. The van der Waals surface area contributed by atoms with Crippen LogP contribution in [0.1, 0.15) is 11.6 Å². The average molecular weight is 461 g/mol. The highest BCUT2D eigenvalue weighted by Gasteiger charge is 2.19. The van der Waals surface area contributed by atoms with Crippen molar-refractivity contribution in [2.45, 2.75) is 12.7 Å². The van der Waals surface area contributed by atoms with E-state index >= 15 is 0 Å². The highest BCUT2D eigenvalue weighted by atomic mass is 19.3. The number of likely N-dealkylation sites (N-methyl/N-ethyl adjacent to an activating group) is 1. The van der Waals surface area contributed by atoms with Crippen molar-refractivity contribution < 1.29 is 27.0 Å². The number of aromatic nitrogens is 4. The van der Waals surface area contributed by atoms with Crippen molar-refractivity contribution in [1.29, 1.82) is 0 Å². The van der Waals surface area contributed by atoms with Crippen molar-refractivity contribution in [3.63, 3.8) is 0 Å². The van der Waals surface area contributed by atoms with E-state index in [4.69, 9.17) is 4.74 Å². The molecule has 2 aromatic carbocycles. The Kier molecular flexibility index (Phi) is 6.40. The average Bonchev–Trinajstić information content (AvgIpc) is 3.21. The smallest absolute Gasteiger partial charge is 0.387 e. The topological polar surface area (TPSA) is 64.8 Å². The summed E-state index contributed by atoms with van der Waals surface area (Å²) in [5, 5.41) is 8.25. The van der Waals surface area contributed by atoms with Crippen molar-refractivity contribution in [3.8, 4) is 23.0 Å². The molecule has 0 aliphatic rings. The first kappa shape index (κ1) is 22.5. The van der Waals surface area contributed by atoms with Crippen molar-refractivity contribution in [2.75, 3.05) is 20.7 Å². The number of rotatable bonds is 8. The second kappa shape index (κ2) is 9.41. The molecule has 33 heavy (non-hydrogen) atoms. The number of fused-ring (bicyclic) bond motifs is 1. The Balaban J connectivity index is 1.63. The lowest BCUT2D eigenvalue weighted by Crippen LogP contribution is -2.26. The lowest BCUT2D eigenvalue weighted by Gasteiger charge is -2.25. The third-order valence-corrected chi connectivity index (χ3v) is 4.96. The van der Waals surface area contributed by atoms with Gasteiger partial charge < -0.3 is 9.47 Å². The Morgan fingerprint density at radius 3 is 2.39 bits per heavy atom. The number of alkyl halides is 2. The first-order valence-electron chi connectivity index (χ1n) is 9.82. The molecule has 0 saturated heterocycles. The van der Waals surface area contributed by atoms with E-state index in [1.165, 1.54) is 30.6 Å². The molecule has 4 rings (SSSR count). The SMILES string of the molecule is CN(C)C(COc1cncc2nnc(-c3ccc(OC(F)F)cc3)n12)c1ccc(F)c(F)c1. The number of halogens is 4. The highest BCUT2D eigenvalue weighted by Crippen LogP contribution is 2.27. The minimum atomic E-state index is -2.92. The molecule has 1 unspecified atom stereocenters. The summed E-state index contributed by atoms with van der Waals surface area (Å²) >= 11 is 0. The molecule has 1 atom stereocenters. The monoisotopic (exact) mass is 461 g/mol. The summed E-state index contributed by atoms with van der Waals surface area (Å²) in [6.07, 6.45) is 2.97. The lowest BCUT2D eigenvalue weighted by molar-refractivity contribution is -0.0498. The molecule has 0 amide bonds. The second-order valence-corrected chi connectivity index (χ2v) is 7.33. The Hall–Kier alpha value is -3.73. The van der Waals surface area contributed by atoms with Gasteiger partial charge in [-0.1, -0.05) is 6.07 Å². The maximum atomic E-state index is 13.8.